The SMILES string of the molecule is NCC1CCC(COCc2ccccc2F)O1. The lowest BCUT2D eigenvalue weighted by Gasteiger charge is -2.12. The second-order valence-corrected chi connectivity index (χ2v) is 4.30. The van der Waals surface area contributed by atoms with Crippen molar-refractivity contribution in [2.45, 2.75) is 31.7 Å². The molecule has 2 atom stereocenters. The maximum absolute atomic E-state index is 13.3. The third-order valence-electron chi connectivity index (χ3n) is 2.98. The maximum Gasteiger partial charge on any atom is 0.128 e. The first-order valence-electron chi connectivity index (χ1n) is 5.96. The molecule has 1 saturated heterocycles. The largest absolute Gasteiger partial charge is 0.374 e. The average molecular weight is 239 g/mol. The molecule has 0 aliphatic carbocycles. The smallest absolute Gasteiger partial charge is 0.128 e. The van der Waals surface area contributed by atoms with E-state index in [1.807, 2.05) is 0 Å². The van der Waals surface area contributed by atoms with E-state index < -0.39 is 0 Å². The van der Waals surface area contributed by atoms with E-state index in [0.717, 1.165) is 12.8 Å². The number of benzene rings is 1. The average Bonchev–Trinajstić information content (AvgIpc) is 2.80. The maximum atomic E-state index is 13.3. The highest BCUT2D eigenvalue weighted by atomic mass is 19.1. The van der Waals surface area contributed by atoms with Gasteiger partial charge in [0, 0.05) is 12.1 Å². The van der Waals surface area contributed by atoms with Crippen LogP contribution in [0.4, 0.5) is 4.39 Å². The van der Waals surface area contributed by atoms with E-state index in [1.165, 1.54) is 6.07 Å². The predicted molar refractivity (Wildman–Crippen MR) is 63.0 cm³/mol. The van der Waals surface area contributed by atoms with Crippen molar-refractivity contribution in [1.82, 2.24) is 0 Å². The zero-order valence-electron chi connectivity index (χ0n) is 9.77. The first kappa shape index (κ1) is 12.5. The molecule has 2 N–H and O–H groups in total. The van der Waals surface area contributed by atoms with Crippen molar-refractivity contribution in [3.8, 4) is 0 Å². The van der Waals surface area contributed by atoms with Crippen molar-refractivity contribution in [2.24, 2.45) is 5.73 Å². The number of halogens is 1. The second kappa shape index (κ2) is 6.10. The molecule has 0 radical (unpaired) electrons. The Morgan fingerprint density at radius 1 is 1.29 bits per heavy atom. The molecule has 1 heterocycles. The summed E-state index contributed by atoms with van der Waals surface area (Å²) in [6.07, 6.45) is 2.23. The highest BCUT2D eigenvalue weighted by Crippen LogP contribution is 2.19. The zero-order chi connectivity index (χ0) is 12.1. The molecule has 0 aromatic heterocycles. The van der Waals surface area contributed by atoms with Crippen molar-refractivity contribution >= 4 is 0 Å². The second-order valence-electron chi connectivity index (χ2n) is 4.30. The van der Waals surface area contributed by atoms with Crippen molar-refractivity contribution < 1.29 is 13.9 Å². The molecule has 1 aliphatic heterocycles. The molecule has 3 nitrogen and oxygen atoms in total. The molecule has 0 amide bonds. The van der Waals surface area contributed by atoms with E-state index in [2.05, 4.69) is 0 Å². The van der Waals surface area contributed by atoms with Crippen molar-refractivity contribution in [3.05, 3.63) is 35.6 Å². The van der Waals surface area contributed by atoms with Crippen LogP contribution in [0, 0.1) is 5.82 Å². The minimum Gasteiger partial charge on any atom is -0.374 e. The van der Waals surface area contributed by atoms with Gasteiger partial charge in [0.15, 0.2) is 0 Å². The molecule has 0 spiro atoms. The minimum absolute atomic E-state index is 0.107. The Labute approximate surface area is 101 Å². The number of ether oxygens (including phenoxy) is 2. The number of hydrogen-bond donors (Lipinski definition) is 1. The van der Waals surface area contributed by atoms with Crippen LogP contribution < -0.4 is 5.73 Å². The fraction of sp³-hybridized carbons (Fsp3) is 0.538. The lowest BCUT2D eigenvalue weighted by Crippen LogP contribution is -2.22. The molecule has 1 aromatic rings. The highest BCUT2D eigenvalue weighted by molar-refractivity contribution is 5.16. The van der Waals surface area contributed by atoms with E-state index in [1.54, 1.807) is 18.2 Å². The summed E-state index contributed by atoms with van der Waals surface area (Å²) >= 11 is 0. The van der Waals surface area contributed by atoms with Crippen LogP contribution in [0.15, 0.2) is 24.3 Å². The minimum atomic E-state index is -0.223. The summed E-state index contributed by atoms with van der Waals surface area (Å²) in [5.41, 5.74) is 6.10. The van der Waals surface area contributed by atoms with Crippen LogP contribution >= 0.6 is 0 Å². The van der Waals surface area contributed by atoms with Gasteiger partial charge in [-0.05, 0) is 18.9 Å². The first-order valence-corrected chi connectivity index (χ1v) is 5.96. The van der Waals surface area contributed by atoms with E-state index in [-0.39, 0.29) is 18.0 Å². The molecular weight excluding hydrogens is 221 g/mol. The van der Waals surface area contributed by atoms with Crippen LogP contribution in [-0.4, -0.2) is 25.4 Å². The summed E-state index contributed by atoms with van der Waals surface area (Å²) in [6.45, 7) is 1.36. The van der Waals surface area contributed by atoms with Gasteiger partial charge < -0.3 is 15.2 Å². The first-order chi connectivity index (χ1) is 8.29. The van der Waals surface area contributed by atoms with Crippen molar-refractivity contribution in [1.29, 1.82) is 0 Å². The quantitative estimate of drug-likeness (QED) is 0.852. The Hall–Kier alpha value is -0.970. The Morgan fingerprint density at radius 2 is 2.06 bits per heavy atom. The molecule has 0 bridgehead atoms. The summed E-state index contributed by atoms with van der Waals surface area (Å²) < 4.78 is 24.4. The van der Waals surface area contributed by atoms with Gasteiger partial charge >= 0.3 is 0 Å². The molecule has 17 heavy (non-hydrogen) atoms. The van der Waals surface area contributed by atoms with Gasteiger partial charge in [-0.25, -0.2) is 4.39 Å². The Morgan fingerprint density at radius 3 is 2.76 bits per heavy atom. The lowest BCUT2D eigenvalue weighted by atomic mass is 10.2. The zero-order valence-corrected chi connectivity index (χ0v) is 9.77. The summed E-state index contributed by atoms with van der Waals surface area (Å²) in [5, 5.41) is 0. The summed E-state index contributed by atoms with van der Waals surface area (Å²) in [7, 11) is 0. The van der Waals surface area contributed by atoms with Crippen LogP contribution in [0.25, 0.3) is 0 Å². The molecule has 2 rings (SSSR count). The predicted octanol–water partition coefficient (Wildman–Crippen LogP) is 1.85. The summed E-state index contributed by atoms with van der Waals surface area (Å²) in [5.74, 6) is -0.223. The van der Waals surface area contributed by atoms with Crippen LogP contribution in [0.2, 0.25) is 0 Å². The van der Waals surface area contributed by atoms with Gasteiger partial charge in [-0.2, -0.15) is 0 Å². The van der Waals surface area contributed by atoms with Gasteiger partial charge in [0.1, 0.15) is 5.82 Å². The van der Waals surface area contributed by atoms with Crippen LogP contribution in [-0.2, 0) is 16.1 Å². The number of rotatable bonds is 5. The molecule has 1 aromatic carbocycles. The molecule has 4 heteroatoms. The van der Waals surface area contributed by atoms with Crippen molar-refractivity contribution in [2.75, 3.05) is 13.2 Å². The van der Waals surface area contributed by atoms with E-state index in [4.69, 9.17) is 15.2 Å². The molecular formula is C13H18FNO2. The standard InChI is InChI=1S/C13H18FNO2/c14-13-4-2-1-3-10(13)8-16-9-12-6-5-11(7-15)17-12/h1-4,11-12H,5-9,15H2. The number of nitrogens with two attached hydrogens (primary N) is 1. The van der Waals surface area contributed by atoms with Gasteiger partial charge in [0.25, 0.3) is 0 Å². The molecule has 2 unspecified atom stereocenters. The van der Waals surface area contributed by atoms with Crippen LogP contribution in [0.1, 0.15) is 18.4 Å². The highest BCUT2D eigenvalue weighted by Gasteiger charge is 2.23. The van der Waals surface area contributed by atoms with Gasteiger partial charge in [0.2, 0.25) is 0 Å². The molecule has 1 aliphatic rings. The fourth-order valence-corrected chi connectivity index (χ4v) is 1.99. The third kappa shape index (κ3) is 3.49. The van der Waals surface area contributed by atoms with E-state index in [0.29, 0.717) is 25.3 Å². The monoisotopic (exact) mass is 239 g/mol. The topological polar surface area (TPSA) is 44.5 Å². The normalized spacial score (nSPS) is 24.1. The van der Waals surface area contributed by atoms with Gasteiger partial charge in [-0.1, -0.05) is 18.2 Å². The summed E-state index contributed by atoms with van der Waals surface area (Å²) in [6, 6.07) is 6.64. The van der Waals surface area contributed by atoms with Crippen LogP contribution in [0.5, 0.6) is 0 Å². The molecule has 94 valence electrons. The van der Waals surface area contributed by atoms with Gasteiger partial charge in [0.05, 0.1) is 25.4 Å². The summed E-state index contributed by atoms with van der Waals surface area (Å²) in [4.78, 5) is 0. The lowest BCUT2D eigenvalue weighted by molar-refractivity contribution is -0.0173. The van der Waals surface area contributed by atoms with E-state index in [9.17, 15) is 4.39 Å². The Bertz CT molecular complexity index is 359. The van der Waals surface area contributed by atoms with Crippen LogP contribution in [0.3, 0.4) is 0 Å². The van der Waals surface area contributed by atoms with E-state index >= 15 is 0 Å². The van der Waals surface area contributed by atoms with Crippen molar-refractivity contribution in [3.63, 3.8) is 0 Å². The van der Waals surface area contributed by atoms with Gasteiger partial charge in [-0.3, -0.25) is 0 Å². The fourth-order valence-electron chi connectivity index (χ4n) is 1.99. The third-order valence-corrected chi connectivity index (χ3v) is 2.98. The Kier molecular flexibility index (Phi) is 4.48. The molecule has 0 saturated carbocycles. The van der Waals surface area contributed by atoms with Gasteiger partial charge in [-0.15, -0.1) is 0 Å². The molecule has 1 fully saturated rings. The Balaban J connectivity index is 1.72. The number of hydrogen-bond acceptors (Lipinski definition) is 3.